The van der Waals surface area contributed by atoms with E-state index in [-0.39, 0.29) is 0 Å². The van der Waals surface area contributed by atoms with Gasteiger partial charge in [-0.1, -0.05) is 51.9 Å². The van der Waals surface area contributed by atoms with Gasteiger partial charge in [0, 0.05) is 30.9 Å². The highest BCUT2D eigenvalue weighted by Gasteiger charge is 2.13. The lowest BCUT2D eigenvalue weighted by Gasteiger charge is -2.07. The van der Waals surface area contributed by atoms with Gasteiger partial charge in [0.05, 0.1) is 0 Å². The van der Waals surface area contributed by atoms with E-state index < -0.39 is 6.23 Å². The van der Waals surface area contributed by atoms with Crippen LogP contribution in [-0.4, -0.2) is 10.1 Å². The Labute approximate surface area is 146 Å². The summed E-state index contributed by atoms with van der Waals surface area (Å²) in [5.74, 6) is 0. The smallest absolute Gasteiger partial charge is 0.259 e. The van der Waals surface area contributed by atoms with Crippen molar-refractivity contribution in [2.75, 3.05) is 0 Å². The van der Waals surface area contributed by atoms with E-state index in [4.69, 9.17) is 0 Å². The van der Waals surface area contributed by atoms with Crippen LogP contribution in [0.2, 0.25) is 0 Å². The molecule has 0 bridgehead atoms. The zero-order valence-electron chi connectivity index (χ0n) is 14.9. The minimum Gasteiger partial charge on any atom is -0.337 e. The zero-order chi connectivity index (χ0) is 17.0. The van der Waals surface area contributed by atoms with Crippen LogP contribution in [0.3, 0.4) is 0 Å². The summed E-state index contributed by atoms with van der Waals surface area (Å²) in [6.45, 7) is 2.25. The molecule has 1 atom stereocenters. The molecule has 2 heterocycles. The molecule has 1 N–H and O–H groups in total. The number of aliphatic hydroxyl groups excluding tert-OH is 1. The summed E-state index contributed by atoms with van der Waals surface area (Å²) in [4.78, 5) is 4.04. The van der Waals surface area contributed by atoms with Crippen LogP contribution in [0.5, 0.6) is 0 Å². The van der Waals surface area contributed by atoms with Crippen LogP contribution >= 0.6 is 0 Å². The molecule has 0 spiro atoms. The van der Waals surface area contributed by atoms with Crippen molar-refractivity contribution < 1.29 is 9.67 Å². The highest BCUT2D eigenvalue weighted by Crippen LogP contribution is 2.17. The fourth-order valence-corrected chi connectivity index (χ4v) is 2.98. The maximum absolute atomic E-state index is 10.3. The Morgan fingerprint density at radius 2 is 1.38 bits per heavy atom. The number of aliphatic hydroxyl groups is 1. The first-order valence-corrected chi connectivity index (χ1v) is 9.40. The third-order valence-corrected chi connectivity index (χ3v) is 4.53. The van der Waals surface area contributed by atoms with Gasteiger partial charge in [0.2, 0.25) is 0 Å². The van der Waals surface area contributed by atoms with Gasteiger partial charge >= 0.3 is 0 Å². The van der Waals surface area contributed by atoms with Gasteiger partial charge in [0.15, 0.2) is 12.4 Å². The Morgan fingerprint density at radius 1 is 0.833 bits per heavy atom. The molecule has 2 aromatic heterocycles. The molecular weight excluding hydrogens is 296 g/mol. The molecule has 3 heteroatoms. The van der Waals surface area contributed by atoms with Crippen molar-refractivity contribution >= 4 is 0 Å². The molecule has 0 saturated heterocycles. The lowest BCUT2D eigenvalue weighted by atomic mass is 10.1. The van der Waals surface area contributed by atoms with Crippen LogP contribution in [0, 0.1) is 0 Å². The van der Waals surface area contributed by atoms with Crippen molar-refractivity contribution in [3.8, 4) is 11.1 Å². The van der Waals surface area contributed by atoms with Crippen molar-refractivity contribution in [3.05, 3.63) is 49.1 Å². The van der Waals surface area contributed by atoms with Crippen molar-refractivity contribution in [2.24, 2.45) is 0 Å². The molecule has 0 aliphatic heterocycles. The molecule has 130 valence electrons. The fourth-order valence-electron chi connectivity index (χ4n) is 2.98. The maximum Gasteiger partial charge on any atom is 0.259 e. The van der Waals surface area contributed by atoms with E-state index >= 15 is 0 Å². The van der Waals surface area contributed by atoms with Crippen LogP contribution in [-0.2, 0) is 0 Å². The molecule has 2 rings (SSSR count). The summed E-state index contributed by atoms with van der Waals surface area (Å²) in [7, 11) is 0. The van der Waals surface area contributed by atoms with E-state index in [1.54, 1.807) is 12.4 Å². The summed E-state index contributed by atoms with van der Waals surface area (Å²) in [5.41, 5.74) is 2.29. The summed E-state index contributed by atoms with van der Waals surface area (Å²) in [6.07, 6.45) is 18.3. The minimum atomic E-state index is -0.420. The van der Waals surface area contributed by atoms with Crippen LogP contribution in [0.25, 0.3) is 11.1 Å². The van der Waals surface area contributed by atoms with Crippen LogP contribution < -0.4 is 4.57 Å². The monoisotopic (exact) mass is 327 g/mol. The Morgan fingerprint density at radius 3 is 2.00 bits per heavy atom. The Bertz CT molecular complexity index is 554. The lowest BCUT2D eigenvalue weighted by molar-refractivity contribution is -0.760. The average Bonchev–Trinajstić information content (AvgIpc) is 2.64. The molecule has 24 heavy (non-hydrogen) atoms. The number of unbranched alkanes of at least 4 members (excludes halogenated alkanes) is 7. The lowest BCUT2D eigenvalue weighted by Crippen LogP contribution is -2.38. The van der Waals surface area contributed by atoms with Crippen molar-refractivity contribution in [3.63, 3.8) is 0 Å². The predicted molar refractivity (Wildman–Crippen MR) is 98.4 cm³/mol. The predicted octanol–water partition coefficient (Wildman–Crippen LogP) is 5.06. The van der Waals surface area contributed by atoms with E-state index in [9.17, 15) is 5.11 Å². The first-order valence-electron chi connectivity index (χ1n) is 9.40. The van der Waals surface area contributed by atoms with Crippen LogP contribution in [0.15, 0.2) is 49.1 Å². The molecule has 3 nitrogen and oxygen atoms in total. The van der Waals surface area contributed by atoms with E-state index in [0.717, 1.165) is 24.0 Å². The van der Waals surface area contributed by atoms with Crippen molar-refractivity contribution in [2.45, 2.75) is 70.9 Å². The van der Waals surface area contributed by atoms with Gasteiger partial charge in [-0.05, 0) is 29.7 Å². The van der Waals surface area contributed by atoms with Crippen molar-refractivity contribution in [1.82, 2.24) is 4.98 Å². The molecule has 0 aliphatic carbocycles. The Hall–Kier alpha value is -1.74. The summed E-state index contributed by atoms with van der Waals surface area (Å²) in [6, 6.07) is 8.09. The molecule has 0 amide bonds. The Kier molecular flexibility index (Phi) is 8.47. The van der Waals surface area contributed by atoms with Gasteiger partial charge in [-0.25, -0.2) is 0 Å². The van der Waals surface area contributed by atoms with E-state index in [0.29, 0.717) is 0 Å². The quantitative estimate of drug-likeness (QED) is 0.463. The number of rotatable bonds is 11. The number of hydrogen-bond donors (Lipinski definition) is 1. The summed E-state index contributed by atoms with van der Waals surface area (Å²) >= 11 is 0. The highest BCUT2D eigenvalue weighted by molar-refractivity contribution is 5.61. The average molecular weight is 327 g/mol. The van der Waals surface area contributed by atoms with Gasteiger partial charge in [0.25, 0.3) is 6.23 Å². The second kappa shape index (κ2) is 10.9. The number of aromatic nitrogens is 2. The summed E-state index contributed by atoms with van der Waals surface area (Å²) < 4.78 is 1.89. The normalized spacial score (nSPS) is 12.2. The zero-order valence-corrected chi connectivity index (χ0v) is 14.9. The van der Waals surface area contributed by atoms with Crippen LogP contribution in [0.4, 0.5) is 0 Å². The molecule has 0 aromatic carbocycles. The Balaban J connectivity index is 1.68. The highest BCUT2D eigenvalue weighted by atomic mass is 16.3. The SMILES string of the molecule is CCCCCCCCCCC(O)[n+]1ccc(-c2ccncc2)cc1. The number of pyridine rings is 2. The van der Waals surface area contributed by atoms with E-state index in [2.05, 4.69) is 11.9 Å². The van der Waals surface area contributed by atoms with E-state index in [1.807, 2.05) is 41.2 Å². The first-order chi connectivity index (χ1) is 11.8. The second-order valence-electron chi connectivity index (χ2n) is 6.51. The minimum absolute atomic E-state index is 0.420. The molecule has 0 radical (unpaired) electrons. The standard InChI is InChI=1S/C21H31N2O/c1-2-3-4-5-6-7-8-9-10-21(24)23-17-13-20(14-18-23)19-11-15-22-16-12-19/h11-18,21,24H,2-10H2,1H3/q+1. The summed E-state index contributed by atoms with van der Waals surface area (Å²) in [5, 5.41) is 10.3. The maximum atomic E-state index is 10.3. The first kappa shape index (κ1) is 18.6. The molecule has 0 fully saturated rings. The molecule has 0 aliphatic rings. The fraction of sp³-hybridized carbons (Fsp3) is 0.524. The van der Waals surface area contributed by atoms with Crippen molar-refractivity contribution in [1.29, 1.82) is 0 Å². The topological polar surface area (TPSA) is 37.0 Å². The molecule has 0 saturated carbocycles. The number of hydrogen-bond acceptors (Lipinski definition) is 2. The third-order valence-electron chi connectivity index (χ3n) is 4.53. The largest absolute Gasteiger partial charge is 0.337 e. The molecule has 2 aromatic rings. The third kappa shape index (κ3) is 6.40. The molecule has 1 unspecified atom stereocenters. The van der Waals surface area contributed by atoms with Gasteiger partial charge in [-0.15, -0.1) is 0 Å². The number of nitrogens with zero attached hydrogens (tertiary/aromatic N) is 2. The second-order valence-corrected chi connectivity index (χ2v) is 6.51. The van der Waals surface area contributed by atoms with Gasteiger partial charge < -0.3 is 5.11 Å². The van der Waals surface area contributed by atoms with Gasteiger partial charge in [0.1, 0.15) is 0 Å². The van der Waals surface area contributed by atoms with Crippen LogP contribution in [0.1, 0.15) is 70.9 Å². The van der Waals surface area contributed by atoms with E-state index in [1.165, 1.54) is 44.9 Å². The molecular formula is C21H31N2O+. The van der Waals surface area contributed by atoms with Gasteiger partial charge in [-0.3, -0.25) is 4.98 Å². The van der Waals surface area contributed by atoms with Gasteiger partial charge in [-0.2, -0.15) is 4.57 Å².